The molecule has 1 nitrogen and oxygen atoms in total. The van der Waals surface area contributed by atoms with Gasteiger partial charge in [-0.2, -0.15) is 0 Å². The summed E-state index contributed by atoms with van der Waals surface area (Å²) < 4.78 is 1.19. The second-order valence-electron chi connectivity index (χ2n) is 5.71. The fourth-order valence-electron chi connectivity index (χ4n) is 2.83. The lowest BCUT2D eigenvalue weighted by atomic mass is 9.92. The predicted molar refractivity (Wildman–Crippen MR) is 94.9 cm³/mol. The minimum Gasteiger partial charge on any atom is -0.310 e. The van der Waals surface area contributed by atoms with Crippen LogP contribution in [0.25, 0.3) is 0 Å². The Labute approximate surface area is 136 Å². The minimum absolute atomic E-state index is 0.338. The highest BCUT2D eigenvalue weighted by Crippen LogP contribution is 2.29. The van der Waals surface area contributed by atoms with E-state index in [1.54, 1.807) is 0 Å². The van der Waals surface area contributed by atoms with Gasteiger partial charge in [0.05, 0.1) is 0 Å². The molecule has 2 rings (SSSR count). The highest BCUT2D eigenvalue weighted by atomic mass is 79.9. The fourth-order valence-corrected chi connectivity index (χ4v) is 3.60. The summed E-state index contributed by atoms with van der Waals surface area (Å²) in [6.07, 6.45) is 1.02. The summed E-state index contributed by atoms with van der Waals surface area (Å²) in [5, 5.41) is 3.63. The molecule has 0 aliphatic carbocycles. The number of aryl methyl sites for hydroxylation is 3. The Balaban J connectivity index is 2.35. The average Bonchev–Trinajstić information content (AvgIpc) is 2.42. The highest BCUT2D eigenvalue weighted by molar-refractivity contribution is 9.10. The van der Waals surface area contributed by atoms with Crippen molar-refractivity contribution in [2.75, 3.05) is 6.54 Å². The monoisotopic (exact) mass is 345 g/mol. The van der Waals surface area contributed by atoms with Gasteiger partial charge < -0.3 is 5.32 Å². The zero-order chi connectivity index (χ0) is 15.4. The maximum atomic E-state index is 3.73. The van der Waals surface area contributed by atoms with Crippen LogP contribution in [0.15, 0.2) is 40.9 Å². The number of benzene rings is 2. The maximum Gasteiger partial charge on any atom is 0.0372 e. The molecule has 0 bridgehead atoms. The smallest absolute Gasteiger partial charge is 0.0372 e. The van der Waals surface area contributed by atoms with Gasteiger partial charge in [-0.15, -0.1) is 0 Å². The van der Waals surface area contributed by atoms with Crippen molar-refractivity contribution in [3.05, 3.63) is 68.7 Å². The van der Waals surface area contributed by atoms with Gasteiger partial charge in [0.2, 0.25) is 0 Å². The van der Waals surface area contributed by atoms with Crippen molar-refractivity contribution in [1.29, 1.82) is 0 Å². The van der Waals surface area contributed by atoms with E-state index in [9.17, 15) is 0 Å². The normalized spacial score (nSPS) is 12.4. The lowest BCUT2D eigenvalue weighted by Crippen LogP contribution is -2.24. The second-order valence-corrected chi connectivity index (χ2v) is 6.56. The van der Waals surface area contributed by atoms with Crippen LogP contribution in [0.2, 0.25) is 0 Å². The van der Waals surface area contributed by atoms with Crippen LogP contribution in [0, 0.1) is 20.8 Å². The summed E-state index contributed by atoms with van der Waals surface area (Å²) in [4.78, 5) is 0. The second kappa shape index (κ2) is 7.24. The van der Waals surface area contributed by atoms with Crippen LogP contribution in [0.4, 0.5) is 0 Å². The van der Waals surface area contributed by atoms with Crippen LogP contribution in [0.5, 0.6) is 0 Å². The first kappa shape index (κ1) is 16.3. The third-order valence-corrected chi connectivity index (χ3v) is 4.72. The molecule has 1 atom stereocenters. The number of hydrogen-bond donors (Lipinski definition) is 1. The molecule has 2 heteroatoms. The Morgan fingerprint density at radius 1 is 1.05 bits per heavy atom. The topological polar surface area (TPSA) is 12.0 Å². The lowest BCUT2D eigenvalue weighted by Gasteiger charge is -2.22. The molecule has 0 saturated carbocycles. The molecule has 0 heterocycles. The molecule has 21 heavy (non-hydrogen) atoms. The van der Waals surface area contributed by atoms with Crippen molar-refractivity contribution in [2.45, 2.75) is 40.2 Å². The number of rotatable bonds is 5. The Bertz CT molecular complexity index is 599. The first-order chi connectivity index (χ1) is 10.0. The molecular weight excluding hydrogens is 322 g/mol. The van der Waals surface area contributed by atoms with E-state index in [1.165, 1.54) is 32.3 Å². The molecule has 0 fully saturated rings. The number of likely N-dealkylation sites (N-methyl/N-ethyl adjacent to an activating group) is 1. The zero-order valence-corrected chi connectivity index (χ0v) is 14.9. The van der Waals surface area contributed by atoms with Crippen LogP contribution in [-0.4, -0.2) is 6.54 Å². The predicted octanol–water partition coefficient (Wildman–Crippen LogP) is 5.27. The zero-order valence-electron chi connectivity index (χ0n) is 13.3. The van der Waals surface area contributed by atoms with Gasteiger partial charge in [-0.05, 0) is 67.6 Å². The van der Waals surface area contributed by atoms with Crippen LogP contribution in [-0.2, 0) is 6.42 Å². The van der Waals surface area contributed by atoms with Gasteiger partial charge in [0.1, 0.15) is 0 Å². The molecule has 2 aromatic rings. The van der Waals surface area contributed by atoms with Crippen LogP contribution >= 0.6 is 15.9 Å². The molecule has 0 aliphatic heterocycles. The van der Waals surface area contributed by atoms with Crippen LogP contribution in [0.1, 0.15) is 40.8 Å². The van der Waals surface area contributed by atoms with Crippen LogP contribution in [0.3, 0.4) is 0 Å². The molecule has 0 saturated heterocycles. The third-order valence-electron chi connectivity index (χ3n) is 4.03. The van der Waals surface area contributed by atoms with Crippen LogP contribution < -0.4 is 5.32 Å². The number of nitrogens with one attached hydrogen (secondary N) is 1. The molecular formula is C19H24BrN. The van der Waals surface area contributed by atoms with E-state index in [0.717, 1.165) is 13.0 Å². The van der Waals surface area contributed by atoms with Crippen molar-refractivity contribution in [1.82, 2.24) is 5.32 Å². The SMILES string of the molecule is CCNC(Cc1c(C)cccc1C)c1ccc(C)cc1Br. The summed E-state index contributed by atoms with van der Waals surface area (Å²) in [5.74, 6) is 0. The van der Waals surface area contributed by atoms with E-state index in [-0.39, 0.29) is 0 Å². The molecule has 1 N–H and O–H groups in total. The highest BCUT2D eigenvalue weighted by Gasteiger charge is 2.16. The average molecular weight is 346 g/mol. The number of hydrogen-bond acceptors (Lipinski definition) is 1. The van der Waals surface area contributed by atoms with Gasteiger partial charge in [-0.25, -0.2) is 0 Å². The van der Waals surface area contributed by atoms with Gasteiger partial charge >= 0.3 is 0 Å². The summed E-state index contributed by atoms with van der Waals surface area (Å²) in [6, 6.07) is 13.5. The summed E-state index contributed by atoms with van der Waals surface area (Å²) in [5.41, 5.74) is 6.83. The Kier molecular flexibility index (Phi) is 5.60. The van der Waals surface area contributed by atoms with E-state index in [4.69, 9.17) is 0 Å². The quantitative estimate of drug-likeness (QED) is 0.778. The van der Waals surface area contributed by atoms with Gasteiger partial charge in [0.25, 0.3) is 0 Å². The summed E-state index contributed by atoms with van der Waals surface area (Å²) in [6.45, 7) is 9.67. The maximum absolute atomic E-state index is 3.73. The molecule has 0 aliphatic rings. The van der Waals surface area contributed by atoms with Crippen molar-refractivity contribution < 1.29 is 0 Å². The van der Waals surface area contributed by atoms with Crippen molar-refractivity contribution in [3.8, 4) is 0 Å². The Morgan fingerprint density at radius 2 is 1.71 bits per heavy atom. The standard InChI is InChI=1S/C19H24BrN/c1-5-21-19(16-10-9-13(2)11-18(16)20)12-17-14(3)7-6-8-15(17)4/h6-11,19,21H,5,12H2,1-4H3. The van der Waals surface area contributed by atoms with E-state index < -0.39 is 0 Å². The minimum atomic E-state index is 0.338. The summed E-state index contributed by atoms with van der Waals surface area (Å²) >= 11 is 3.73. The van der Waals surface area contributed by atoms with Gasteiger partial charge in [-0.1, -0.05) is 53.2 Å². The molecule has 2 aromatic carbocycles. The van der Waals surface area contributed by atoms with E-state index in [1.807, 2.05) is 0 Å². The molecule has 0 radical (unpaired) electrons. The Hall–Kier alpha value is -1.12. The summed E-state index contributed by atoms with van der Waals surface area (Å²) in [7, 11) is 0. The Morgan fingerprint density at radius 3 is 2.29 bits per heavy atom. The first-order valence-electron chi connectivity index (χ1n) is 7.57. The first-order valence-corrected chi connectivity index (χ1v) is 8.36. The fraction of sp³-hybridized carbons (Fsp3) is 0.368. The van der Waals surface area contributed by atoms with Gasteiger partial charge in [0.15, 0.2) is 0 Å². The molecule has 0 aromatic heterocycles. The van der Waals surface area contributed by atoms with E-state index in [2.05, 4.69) is 85.3 Å². The molecule has 0 spiro atoms. The van der Waals surface area contributed by atoms with Crippen molar-refractivity contribution >= 4 is 15.9 Å². The third kappa shape index (κ3) is 3.96. The lowest BCUT2D eigenvalue weighted by molar-refractivity contribution is 0.545. The van der Waals surface area contributed by atoms with Gasteiger partial charge in [0, 0.05) is 10.5 Å². The molecule has 1 unspecified atom stereocenters. The van der Waals surface area contributed by atoms with E-state index in [0.29, 0.717) is 6.04 Å². The van der Waals surface area contributed by atoms with Gasteiger partial charge in [-0.3, -0.25) is 0 Å². The molecule has 0 amide bonds. The van der Waals surface area contributed by atoms with Crippen molar-refractivity contribution in [3.63, 3.8) is 0 Å². The van der Waals surface area contributed by atoms with E-state index >= 15 is 0 Å². The largest absolute Gasteiger partial charge is 0.310 e. The number of halogens is 1. The van der Waals surface area contributed by atoms with Crippen molar-refractivity contribution in [2.24, 2.45) is 0 Å². The molecule has 112 valence electrons.